The van der Waals surface area contributed by atoms with Gasteiger partial charge in [0.05, 0.1) is 23.3 Å². The van der Waals surface area contributed by atoms with Crippen molar-refractivity contribution in [2.75, 3.05) is 12.4 Å². The highest BCUT2D eigenvalue weighted by Gasteiger charge is 2.18. The van der Waals surface area contributed by atoms with Crippen molar-refractivity contribution in [3.8, 4) is 5.75 Å². The molecule has 2 rings (SSSR count). The quantitative estimate of drug-likeness (QED) is 0.645. The number of nitrogens with zero attached hydrogens (tertiary/aromatic N) is 1. The number of para-hydroxylation sites is 2. The lowest BCUT2D eigenvalue weighted by molar-refractivity contribution is -0.383. The molecular formula is C14H13ClN2O5. The van der Waals surface area contributed by atoms with E-state index in [1.165, 1.54) is 19.2 Å². The maximum atomic E-state index is 11.1. The molecule has 2 aromatic carbocycles. The van der Waals surface area contributed by atoms with Crippen molar-refractivity contribution < 1.29 is 19.6 Å². The Kier molecular flexibility index (Phi) is 5.71. The SMILES string of the molecule is COc1ccccc1Nc1ccc(C(=O)O)cc1[N+](=O)[O-].Cl. The molecule has 2 N–H and O–H groups in total. The van der Waals surface area contributed by atoms with Crippen molar-refractivity contribution in [2.45, 2.75) is 0 Å². The molecule has 0 heterocycles. The van der Waals surface area contributed by atoms with E-state index in [9.17, 15) is 14.9 Å². The number of benzene rings is 2. The van der Waals surface area contributed by atoms with Crippen LogP contribution in [0.4, 0.5) is 17.1 Å². The highest BCUT2D eigenvalue weighted by Crippen LogP contribution is 2.32. The Bertz CT molecular complexity index is 705. The van der Waals surface area contributed by atoms with Crippen LogP contribution in [0, 0.1) is 10.1 Å². The van der Waals surface area contributed by atoms with Crippen molar-refractivity contribution in [3.05, 3.63) is 58.1 Å². The molecule has 8 heteroatoms. The molecule has 22 heavy (non-hydrogen) atoms. The topological polar surface area (TPSA) is 102 Å². The van der Waals surface area contributed by atoms with Crippen LogP contribution in [0.2, 0.25) is 0 Å². The highest BCUT2D eigenvalue weighted by molar-refractivity contribution is 5.90. The van der Waals surface area contributed by atoms with Gasteiger partial charge in [0.25, 0.3) is 5.69 Å². The first-order chi connectivity index (χ1) is 10.0. The third kappa shape index (κ3) is 3.64. The second kappa shape index (κ2) is 7.28. The number of ether oxygens (including phenoxy) is 1. The molecule has 0 saturated carbocycles. The monoisotopic (exact) mass is 324 g/mol. The molecule has 116 valence electrons. The van der Waals surface area contributed by atoms with Gasteiger partial charge >= 0.3 is 5.97 Å². The number of carboxylic acids is 1. The van der Waals surface area contributed by atoms with Gasteiger partial charge < -0.3 is 15.2 Å². The van der Waals surface area contributed by atoms with Crippen molar-refractivity contribution in [2.24, 2.45) is 0 Å². The lowest BCUT2D eigenvalue weighted by atomic mass is 10.1. The standard InChI is InChI=1S/C14H12N2O5.ClH/c1-21-13-5-3-2-4-11(13)15-10-7-6-9(14(17)18)8-12(10)16(19)20;/h2-8,15H,1H3,(H,17,18);1H. The van der Waals surface area contributed by atoms with Crippen LogP contribution in [-0.4, -0.2) is 23.1 Å². The molecule has 0 amide bonds. The van der Waals surface area contributed by atoms with E-state index in [4.69, 9.17) is 9.84 Å². The van der Waals surface area contributed by atoms with Crippen molar-refractivity contribution in [3.63, 3.8) is 0 Å². The van der Waals surface area contributed by atoms with Gasteiger partial charge in [-0.25, -0.2) is 4.79 Å². The van der Waals surface area contributed by atoms with Crippen molar-refractivity contribution in [1.29, 1.82) is 0 Å². The molecule has 7 nitrogen and oxygen atoms in total. The summed E-state index contributed by atoms with van der Waals surface area (Å²) in [5.74, 6) is -0.698. The summed E-state index contributed by atoms with van der Waals surface area (Å²) in [5, 5.41) is 22.9. The van der Waals surface area contributed by atoms with Gasteiger partial charge in [0.1, 0.15) is 11.4 Å². The average Bonchev–Trinajstić information content (AvgIpc) is 2.47. The van der Waals surface area contributed by atoms with Crippen LogP contribution in [0.5, 0.6) is 5.75 Å². The van der Waals surface area contributed by atoms with E-state index < -0.39 is 10.9 Å². The van der Waals surface area contributed by atoms with E-state index in [2.05, 4.69) is 5.32 Å². The molecule has 0 aliphatic rings. The first-order valence-electron chi connectivity index (χ1n) is 5.94. The van der Waals surface area contributed by atoms with Crippen LogP contribution >= 0.6 is 12.4 Å². The Morgan fingerprint density at radius 3 is 2.50 bits per heavy atom. The fourth-order valence-corrected chi connectivity index (χ4v) is 1.81. The van der Waals surface area contributed by atoms with Gasteiger partial charge in [0, 0.05) is 6.07 Å². The Labute approximate surface area is 132 Å². The average molecular weight is 325 g/mol. The predicted molar refractivity (Wildman–Crippen MR) is 83.6 cm³/mol. The molecule has 0 saturated heterocycles. The highest BCUT2D eigenvalue weighted by atomic mass is 35.5. The number of rotatable bonds is 5. The van der Waals surface area contributed by atoms with Crippen LogP contribution in [0.15, 0.2) is 42.5 Å². The predicted octanol–water partition coefficient (Wildman–Crippen LogP) is 3.47. The molecule has 0 spiro atoms. The maximum absolute atomic E-state index is 11.1. The molecule has 0 fully saturated rings. The van der Waals surface area contributed by atoms with E-state index in [-0.39, 0.29) is 29.3 Å². The number of anilines is 2. The van der Waals surface area contributed by atoms with Gasteiger partial charge in [-0.3, -0.25) is 10.1 Å². The minimum Gasteiger partial charge on any atom is -0.495 e. The zero-order chi connectivity index (χ0) is 15.4. The summed E-state index contributed by atoms with van der Waals surface area (Å²) in [4.78, 5) is 21.3. The van der Waals surface area contributed by atoms with Gasteiger partial charge in [-0.1, -0.05) is 12.1 Å². The van der Waals surface area contributed by atoms with Gasteiger partial charge in [-0.2, -0.15) is 0 Å². The van der Waals surface area contributed by atoms with Crippen LogP contribution < -0.4 is 10.1 Å². The van der Waals surface area contributed by atoms with Crippen molar-refractivity contribution in [1.82, 2.24) is 0 Å². The summed E-state index contributed by atoms with van der Waals surface area (Å²) in [7, 11) is 1.49. The smallest absolute Gasteiger partial charge is 0.335 e. The van der Waals surface area contributed by atoms with Gasteiger partial charge in [0.15, 0.2) is 0 Å². The van der Waals surface area contributed by atoms with E-state index in [1.54, 1.807) is 24.3 Å². The molecule has 0 bridgehead atoms. The second-order valence-electron chi connectivity index (χ2n) is 4.12. The summed E-state index contributed by atoms with van der Waals surface area (Å²) in [5.41, 5.74) is 0.272. The fraction of sp³-hybridized carbons (Fsp3) is 0.0714. The number of carbonyl (C=O) groups is 1. The van der Waals surface area contributed by atoms with Crippen LogP contribution in [0.1, 0.15) is 10.4 Å². The third-order valence-electron chi connectivity index (χ3n) is 2.82. The van der Waals surface area contributed by atoms with Gasteiger partial charge in [-0.15, -0.1) is 12.4 Å². The Hall–Kier alpha value is -2.80. The lowest BCUT2D eigenvalue weighted by Crippen LogP contribution is -2.02. The molecule has 0 atom stereocenters. The van der Waals surface area contributed by atoms with Crippen LogP contribution in [0.25, 0.3) is 0 Å². The molecule has 0 aliphatic carbocycles. The number of nitro benzene ring substituents is 1. The summed E-state index contributed by atoms with van der Waals surface area (Å²) in [6.45, 7) is 0. The minimum atomic E-state index is -1.22. The minimum absolute atomic E-state index is 0. The largest absolute Gasteiger partial charge is 0.495 e. The molecule has 2 aromatic rings. The lowest BCUT2D eigenvalue weighted by Gasteiger charge is -2.11. The van der Waals surface area contributed by atoms with Crippen LogP contribution in [-0.2, 0) is 0 Å². The Balaban J connectivity index is 0.00000242. The van der Waals surface area contributed by atoms with E-state index in [0.29, 0.717) is 11.4 Å². The number of carboxylic acid groups (broad SMARTS) is 1. The number of aromatic carboxylic acids is 1. The Morgan fingerprint density at radius 1 is 1.23 bits per heavy atom. The normalized spacial score (nSPS) is 9.50. The van der Waals surface area contributed by atoms with Gasteiger partial charge in [-0.05, 0) is 24.3 Å². The molecule has 0 aliphatic heterocycles. The van der Waals surface area contributed by atoms with E-state index in [0.717, 1.165) is 6.07 Å². The fourth-order valence-electron chi connectivity index (χ4n) is 1.81. The molecule has 0 radical (unpaired) electrons. The van der Waals surface area contributed by atoms with E-state index in [1.807, 2.05) is 0 Å². The first kappa shape index (κ1) is 17.3. The number of halogens is 1. The summed E-state index contributed by atoms with van der Waals surface area (Å²) in [6.07, 6.45) is 0. The number of nitro groups is 1. The summed E-state index contributed by atoms with van der Waals surface area (Å²) in [6, 6.07) is 10.6. The van der Waals surface area contributed by atoms with Crippen LogP contribution in [0.3, 0.4) is 0 Å². The number of hydrogen-bond donors (Lipinski definition) is 2. The van der Waals surface area contributed by atoms with Gasteiger partial charge in [0.2, 0.25) is 0 Å². The molecular weight excluding hydrogens is 312 g/mol. The summed E-state index contributed by atoms with van der Waals surface area (Å²) >= 11 is 0. The van der Waals surface area contributed by atoms with E-state index >= 15 is 0 Å². The second-order valence-corrected chi connectivity index (χ2v) is 4.12. The molecule has 0 unspecified atom stereocenters. The summed E-state index contributed by atoms with van der Waals surface area (Å²) < 4.78 is 5.15. The zero-order valence-corrected chi connectivity index (χ0v) is 12.3. The number of nitrogens with one attached hydrogen (secondary N) is 1. The molecule has 0 aromatic heterocycles. The Morgan fingerprint density at radius 2 is 1.91 bits per heavy atom. The number of methoxy groups -OCH3 is 1. The zero-order valence-electron chi connectivity index (χ0n) is 11.5. The first-order valence-corrected chi connectivity index (χ1v) is 5.94. The third-order valence-corrected chi connectivity index (χ3v) is 2.82. The maximum Gasteiger partial charge on any atom is 0.335 e. The number of hydrogen-bond acceptors (Lipinski definition) is 5. The van der Waals surface area contributed by atoms with Crippen molar-refractivity contribution >= 4 is 35.4 Å².